The first-order valence-corrected chi connectivity index (χ1v) is 8.10. The van der Waals surface area contributed by atoms with Crippen molar-refractivity contribution in [2.45, 2.75) is 0 Å². The molecule has 124 valence electrons. The average molecular weight is 400 g/mol. The Bertz CT molecular complexity index is 974. The molecular formula is C19H11BrFNO3. The maximum atomic E-state index is 14.4. The highest BCUT2D eigenvalue weighted by Gasteiger charge is 2.20. The molecule has 0 aliphatic rings. The number of carbonyl (C=O) groups excluding carboxylic acids is 1. The highest BCUT2D eigenvalue weighted by molar-refractivity contribution is 9.10. The van der Waals surface area contributed by atoms with E-state index in [1.165, 1.54) is 30.3 Å². The number of nitro benzene ring substituents is 1. The van der Waals surface area contributed by atoms with Gasteiger partial charge in [-0.2, -0.15) is 0 Å². The summed E-state index contributed by atoms with van der Waals surface area (Å²) in [7, 11) is 0. The number of non-ortho nitro benzene ring substituents is 1. The van der Waals surface area contributed by atoms with Crippen LogP contribution in [0.1, 0.15) is 15.9 Å². The van der Waals surface area contributed by atoms with Gasteiger partial charge in [-0.15, -0.1) is 0 Å². The smallest absolute Gasteiger partial charge is 0.270 e. The number of carbonyl (C=O) groups is 1. The highest BCUT2D eigenvalue weighted by Crippen LogP contribution is 2.32. The molecule has 0 radical (unpaired) electrons. The van der Waals surface area contributed by atoms with Crippen LogP contribution in [0.4, 0.5) is 10.1 Å². The summed E-state index contributed by atoms with van der Waals surface area (Å²) < 4.78 is 14.9. The lowest BCUT2D eigenvalue weighted by molar-refractivity contribution is -0.384. The highest BCUT2D eigenvalue weighted by atomic mass is 79.9. The Kier molecular flexibility index (Phi) is 4.72. The van der Waals surface area contributed by atoms with E-state index in [0.717, 1.165) is 0 Å². The molecule has 0 atom stereocenters. The van der Waals surface area contributed by atoms with Crippen molar-refractivity contribution in [3.63, 3.8) is 0 Å². The van der Waals surface area contributed by atoms with E-state index in [2.05, 4.69) is 15.9 Å². The molecule has 0 bridgehead atoms. The first-order chi connectivity index (χ1) is 12.0. The summed E-state index contributed by atoms with van der Waals surface area (Å²) >= 11 is 3.19. The van der Waals surface area contributed by atoms with Crippen LogP contribution in [0.5, 0.6) is 0 Å². The summed E-state index contributed by atoms with van der Waals surface area (Å²) in [5, 5.41) is 11.1. The Labute approximate surface area is 151 Å². The van der Waals surface area contributed by atoms with Crippen LogP contribution in [0.25, 0.3) is 11.1 Å². The third-order valence-corrected chi connectivity index (χ3v) is 4.21. The summed E-state index contributed by atoms with van der Waals surface area (Å²) in [5.74, 6) is -0.924. The number of benzene rings is 3. The van der Waals surface area contributed by atoms with Gasteiger partial charge < -0.3 is 0 Å². The van der Waals surface area contributed by atoms with E-state index in [1.807, 2.05) is 0 Å². The first kappa shape index (κ1) is 17.0. The Balaban J connectivity index is 2.22. The molecule has 6 heteroatoms. The molecule has 0 aromatic heterocycles. The molecule has 0 amide bonds. The van der Waals surface area contributed by atoms with Gasteiger partial charge >= 0.3 is 0 Å². The molecule has 0 saturated carbocycles. The van der Waals surface area contributed by atoms with Crippen LogP contribution < -0.4 is 0 Å². The summed E-state index contributed by atoms with van der Waals surface area (Å²) in [6, 6.07) is 16.7. The molecule has 0 N–H and O–H groups in total. The van der Waals surface area contributed by atoms with Gasteiger partial charge in [-0.25, -0.2) is 4.39 Å². The zero-order valence-electron chi connectivity index (χ0n) is 12.8. The monoisotopic (exact) mass is 399 g/mol. The number of rotatable bonds is 4. The molecule has 0 fully saturated rings. The number of nitro groups is 1. The minimum atomic E-state index is -0.580. The molecule has 3 aromatic rings. The van der Waals surface area contributed by atoms with Crippen LogP contribution in [0, 0.1) is 15.9 Å². The molecule has 3 rings (SSSR count). The predicted octanol–water partition coefficient (Wildman–Crippen LogP) is 5.39. The van der Waals surface area contributed by atoms with Gasteiger partial charge in [-0.3, -0.25) is 14.9 Å². The van der Waals surface area contributed by atoms with Gasteiger partial charge in [-0.1, -0.05) is 52.3 Å². The summed E-state index contributed by atoms with van der Waals surface area (Å²) in [5.41, 5.74) is 0.755. The topological polar surface area (TPSA) is 60.2 Å². The van der Waals surface area contributed by atoms with E-state index in [1.54, 1.807) is 36.4 Å². The second kappa shape index (κ2) is 6.94. The fraction of sp³-hybridized carbons (Fsp3) is 0. The van der Waals surface area contributed by atoms with Crippen molar-refractivity contribution in [1.29, 1.82) is 0 Å². The SMILES string of the molecule is O=C(c1ccccc1)c1cc([N+](=O)[O-])ccc1-c1ccc(Br)cc1F. The van der Waals surface area contributed by atoms with E-state index in [9.17, 15) is 19.3 Å². The minimum absolute atomic E-state index is 0.0848. The third kappa shape index (κ3) is 3.49. The molecular weight excluding hydrogens is 389 g/mol. The minimum Gasteiger partial charge on any atom is -0.289 e. The second-order valence-corrected chi connectivity index (χ2v) is 6.22. The van der Waals surface area contributed by atoms with Crippen molar-refractivity contribution in [2.24, 2.45) is 0 Å². The number of hydrogen-bond acceptors (Lipinski definition) is 3. The maximum absolute atomic E-state index is 14.4. The molecule has 0 heterocycles. The largest absolute Gasteiger partial charge is 0.289 e. The molecule has 25 heavy (non-hydrogen) atoms. The van der Waals surface area contributed by atoms with Gasteiger partial charge in [0, 0.05) is 33.3 Å². The third-order valence-electron chi connectivity index (χ3n) is 3.72. The van der Waals surface area contributed by atoms with Gasteiger partial charge in [0.05, 0.1) is 4.92 Å². The van der Waals surface area contributed by atoms with Crippen LogP contribution in [-0.2, 0) is 0 Å². The van der Waals surface area contributed by atoms with E-state index in [4.69, 9.17) is 0 Å². The van der Waals surface area contributed by atoms with Crippen LogP contribution >= 0.6 is 15.9 Å². The lowest BCUT2D eigenvalue weighted by atomic mass is 9.93. The van der Waals surface area contributed by atoms with E-state index in [0.29, 0.717) is 15.6 Å². The lowest BCUT2D eigenvalue weighted by Crippen LogP contribution is -2.05. The summed E-state index contributed by atoms with van der Waals surface area (Å²) in [6.07, 6.45) is 0. The van der Waals surface area contributed by atoms with E-state index >= 15 is 0 Å². The molecule has 0 unspecified atom stereocenters. The number of nitrogens with zero attached hydrogens (tertiary/aromatic N) is 1. The molecule has 0 spiro atoms. The summed E-state index contributed by atoms with van der Waals surface area (Å²) in [6.45, 7) is 0. The van der Waals surface area contributed by atoms with Crippen molar-refractivity contribution >= 4 is 27.4 Å². The maximum Gasteiger partial charge on any atom is 0.270 e. The van der Waals surface area contributed by atoms with Crippen LogP contribution in [-0.4, -0.2) is 10.7 Å². The van der Waals surface area contributed by atoms with Gasteiger partial charge in [-0.05, 0) is 23.8 Å². The van der Waals surface area contributed by atoms with Crippen molar-refractivity contribution in [1.82, 2.24) is 0 Å². The van der Waals surface area contributed by atoms with Crippen LogP contribution in [0.2, 0.25) is 0 Å². The Hall–Kier alpha value is -2.86. The number of halogens is 2. The van der Waals surface area contributed by atoms with Crippen molar-refractivity contribution in [3.05, 3.63) is 98.3 Å². The van der Waals surface area contributed by atoms with E-state index in [-0.39, 0.29) is 16.8 Å². The molecule has 4 nitrogen and oxygen atoms in total. The molecule has 3 aromatic carbocycles. The lowest BCUT2D eigenvalue weighted by Gasteiger charge is -2.10. The van der Waals surface area contributed by atoms with Gasteiger partial charge in [0.2, 0.25) is 0 Å². The number of hydrogen-bond donors (Lipinski definition) is 0. The van der Waals surface area contributed by atoms with Gasteiger partial charge in [0.25, 0.3) is 5.69 Å². The van der Waals surface area contributed by atoms with Crippen LogP contribution in [0.3, 0.4) is 0 Å². The first-order valence-electron chi connectivity index (χ1n) is 7.31. The summed E-state index contributed by atoms with van der Waals surface area (Å²) in [4.78, 5) is 23.3. The predicted molar refractivity (Wildman–Crippen MR) is 96.1 cm³/mol. The van der Waals surface area contributed by atoms with Crippen LogP contribution in [0.15, 0.2) is 71.2 Å². The fourth-order valence-corrected chi connectivity index (χ4v) is 2.85. The quantitative estimate of drug-likeness (QED) is 0.335. The Morgan fingerprint density at radius 2 is 1.64 bits per heavy atom. The zero-order chi connectivity index (χ0) is 18.0. The number of ketones is 1. The average Bonchev–Trinajstić information content (AvgIpc) is 2.61. The Morgan fingerprint density at radius 3 is 2.28 bits per heavy atom. The normalized spacial score (nSPS) is 10.5. The second-order valence-electron chi connectivity index (χ2n) is 5.31. The van der Waals surface area contributed by atoms with Crippen molar-refractivity contribution < 1.29 is 14.1 Å². The molecule has 0 aliphatic carbocycles. The van der Waals surface area contributed by atoms with Crippen molar-refractivity contribution in [2.75, 3.05) is 0 Å². The fourth-order valence-electron chi connectivity index (χ4n) is 2.52. The van der Waals surface area contributed by atoms with Gasteiger partial charge in [0.1, 0.15) is 5.82 Å². The van der Waals surface area contributed by atoms with E-state index < -0.39 is 16.5 Å². The molecule has 0 saturated heterocycles. The Morgan fingerprint density at radius 1 is 0.960 bits per heavy atom. The zero-order valence-corrected chi connectivity index (χ0v) is 14.4. The van der Waals surface area contributed by atoms with Crippen molar-refractivity contribution in [3.8, 4) is 11.1 Å². The molecule has 0 aliphatic heterocycles. The standard InChI is InChI=1S/C19H11BrFNO3/c20-13-6-8-16(18(21)10-13)15-9-7-14(22(24)25)11-17(15)19(23)12-4-2-1-3-5-12/h1-11H. The van der Waals surface area contributed by atoms with Gasteiger partial charge in [0.15, 0.2) is 5.78 Å².